The summed E-state index contributed by atoms with van der Waals surface area (Å²) < 4.78 is 21.7. The molecule has 7 nitrogen and oxygen atoms in total. The molecule has 166 valence electrons. The maximum Gasteiger partial charge on any atom is 0.337 e. The molecule has 2 aromatic carbocycles. The number of hydrogen-bond donors (Lipinski definition) is 0. The van der Waals surface area contributed by atoms with Crippen LogP contribution in [0.1, 0.15) is 47.3 Å². The van der Waals surface area contributed by atoms with E-state index in [1.807, 2.05) is 24.0 Å². The zero-order chi connectivity index (χ0) is 22.4. The van der Waals surface area contributed by atoms with Crippen molar-refractivity contribution in [1.29, 1.82) is 0 Å². The first-order valence-electron chi connectivity index (χ1n) is 10.4. The third kappa shape index (κ3) is 4.93. The van der Waals surface area contributed by atoms with Crippen molar-refractivity contribution in [2.75, 3.05) is 34.5 Å². The number of fused-ring (bicyclic) bond motifs is 1. The normalized spacial score (nSPS) is 15.1. The van der Waals surface area contributed by atoms with Crippen LogP contribution in [-0.4, -0.2) is 51.3 Å². The van der Waals surface area contributed by atoms with Gasteiger partial charge in [-0.25, -0.2) is 4.79 Å². The minimum absolute atomic E-state index is 0.109. The van der Waals surface area contributed by atoms with Gasteiger partial charge in [-0.1, -0.05) is 6.92 Å². The molecule has 1 heterocycles. The zero-order valence-electron chi connectivity index (χ0n) is 18.5. The average Bonchev–Trinajstić information content (AvgIpc) is 2.81. The number of esters is 1. The minimum Gasteiger partial charge on any atom is -0.493 e. The Kier molecular flexibility index (Phi) is 7.39. The van der Waals surface area contributed by atoms with E-state index in [1.165, 1.54) is 7.11 Å². The molecule has 0 fully saturated rings. The molecule has 1 aliphatic rings. The van der Waals surface area contributed by atoms with Crippen LogP contribution in [0, 0.1) is 0 Å². The van der Waals surface area contributed by atoms with Crippen LogP contribution in [-0.2, 0) is 16.0 Å². The lowest BCUT2D eigenvalue weighted by Crippen LogP contribution is -2.42. The Morgan fingerprint density at radius 2 is 1.71 bits per heavy atom. The number of carbonyl (C=O) groups is 2. The van der Waals surface area contributed by atoms with Gasteiger partial charge >= 0.3 is 5.97 Å². The molecule has 0 bridgehead atoms. The van der Waals surface area contributed by atoms with Crippen LogP contribution >= 0.6 is 0 Å². The molecule has 2 aromatic rings. The predicted molar refractivity (Wildman–Crippen MR) is 116 cm³/mol. The molecule has 1 amide bonds. The monoisotopic (exact) mass is 427 g/mol. The number of carbonyl (C=O) groups excluding carboxylic acids is 2. The fourth-order valence-corrected chi connectivity index (χ4v) is 3.84. The van der Waals surface area contributed by atoms with Crippen molar-refractivity contribution < 1.29 is 28.5 Å². The number of ether oxygens (including phenoxy) is 4. The largest absolute Gasteiger partial charge is 0.493 e. The van der Waals surface area contributed by atoms with Crippen molar-refractivity contribution in [2.24, 2.45) is 0 Å². The third-order valence-electron chi connectivity index (χ3n) is 5.47. The van der Waals surface area contributed by atoms with Crippen LogP contribution in [0.15, 0.2) is 36.4 Å². The highest BCUT2D eigenvalue weighted by Crippen LogP contribution is 2.38. The van der Waals surface area contributed by atoms with Crippen molar-refractivity contribution in [3.63, 3.8) is 0 Å². The molecule has 7 heteroatoms. The van der Waals surface area contributed by atoms with E-state index in [0.29, 0.717) is 35.8 Å². The Hall–Kier alpha value is -3.22. The van der Waals surface area contributed by atoms with Crippen molar-refractivity contribution in [2.45, 2.75) is 32.2 Å². The lowest BCUT2D eigenvalue weighted by Gasteiger charge is -2.37. The van der Waals surface area contributed by atoms with Crippen molar-refractivity contribution in [3.8, 4) is 17.2 Å². The quantitative estimate of drug-likeness (QED) is 0.597. The highest BCUT2D eigenvalue weighted by Gasteiger charge is 2.32. The van der Waals surface area contributed by atoms with E-state index in [0.717, 1.165) is 24.0 Å². The zero-order valence-corrected chi connectivity index (χ0v) is 18.5. The lowest BCUT2D eigenvalue weighted by molar-refractivity contribution is -0.135. The maximum absolute atomic E-state index is 12.8. The van der Waals surface area contributed by atoms with Gasteiger partial charge in [-0.2, -0.15) is 0 Å². The molecule has 3 rings (SSSR count). The second-order valence-electron chi connectivity index (χ2n) is 7.34. The SMILES string of the molecule is CCCC(=O)N1CCc2cc(OC)c(OC)cc2[C@H]1COc1ccc(C(=O)OC)cc1. The summed E-state index contributed by atoms with van der Waals surface area (Å²) in [4.78, 5) is 26.3. The molecule has 0 spiro atoms. The van der Waals surface area contributed by atoms with Gasteiger partial charge in [-0.3, -0.25) is 4.79 Å². The van der Waals surface area contributed by atoms with Crippen LogP contribution < -0.4 is 14.2 Å². The topological polar surface area (TPSA) is 74.3 Å². The smallest absolute Gasteiger partial charge is 0.337 e. The molecule has 0 saturated carbocycles. The van der Waals surface area contributed by atoms with Gasteiger partial charge in [0.1, 0.15) is 12.4 Å². The van der Waals surface area contributed by atoms with Crippen LogP contribution in [0.5, 0.6) is 17.2 Å². The fraction of sp³-hybridized carbons (Fsp3) is 0.417. The van der Waals surface area contributed by atoms with Crippen molar-refractivity contribution >= 4 is 11.9 Å². The molecule has 0 aliphatic carbocycles. The Labute approximate surface area is 182 Å². The highest BCUT2D eigenvalue weighted by molar-refractivity contribution is 5.89. The third-order valence-corrected chi connectivity index (χ3v) is 5.47. The Balaban J connectivity index is 1.88. The number of amides is 1. The van der Waals surface area contributed by atoms with Crippen molar-refractivity contribution in [1.82, 2.24) is 4.90 Å². The van der Waals surface area contributed by atoms with Gasteiger partial charge in [-0.05, 0) is 60.4 Å². The van der Waals surface area contributed by atoms with Crippen LogP contribution in [0.25, 0.3) is 0 Å². The number of nitrogens with zero attached hydrogens (tertiary/aromatic N) is 1. The molecule has 1 aliphatic heterocycles. The van der Waals surface area contributed by atoms with Gasteiger partial charge in [-0.15, -0.1) is 0 Å². The number of hydrogen-bond acceptors (Lipinski definition) is 6. The van der Waals surface area contributed by atoms with Gasteiger partial charge in [0.05, 0.1) is 32.9 Å². The second kappa shape index (κ2) is 10.2. The summed E-state index contributed by atoms with van der Waals surface area (Å²) in [6.07, 6.45) is 2.03. The molecule has 31 heavy (non-hydrogen) atoms. The maximum atomic E-state index is 12.8. The Bertz CT molecular complexity index is 924. The van der Waals surface area contributed by atoms with Gasteiger partial charge in [0.25, 0.3) is 0 Å². The van der Waals surface area contributed by atoms with Gasteiger partial charge in [0.15, 0.2) is 11.5 Å². The molecule has 0 radical (unpaired) electrons. The summed E-state index contributed by atoms with van der Waals surface area (Å²) in [5.74, 6) is 1.62. The molecule has 0 unspecified atom stereocenters. The van der Waals surface area contributed by atoms with E-state index in [-0.39, 0.29) is 18.6 Å². The molecule has 0 N–H and O–H groups in total. The van der Waals surface area contributed by atoms with E-state index in [1.54, 1.807) is 38.5 Å². The minimum atomic E-state index is -0.398. The molecule has 0 saturated heterocycles. The first-order valence-corrected chi connectivity index (χ1v) is 10.4. The van der Waals surface area contributed by atoms with E-state index < -0.39 is 5.97 Å². The second-order valence-corrected chi connectivity index (χ2v) is 7.34. The number of methoxy groups -OCH3 is 3. The van der Waals surface area contributed by atoms with Gasteiger partial charge in [0, 0.05) is 13.0 Å². The van der Waals surface area contributed by atoms with E-state index in [4.69, 9.17) is 18.9 Å². The molecular formula is C24H29NO6. The van der Waals surface area contributed by atoms with Gasteiger partial charge < -0.3 is 23.8 Å². The summed E-state index contributed by atoms with van der Waals surface area (Å²) in [5, 5.41) is 0. The Morgan fingerprint density at radius 1 is 1.03 bits per heavy atom. The summed E-state index contributed by atoms with van der Waals surface area (Å²) in [5.41, 5.74) is 2.57. The standard InChI is InChI=1S/C24H29NO6/c1-5-6-23(26)25-12-11-17-13-21(28-2)22(29-3)14-19(17)20(25)15-31-18-9-7-16(8-10-18)24(27)30-4/h7-10,13-14,20H,5-6,11-12,15H2,1-4H3/t20-/m1/s1. The summed E-state index contributed by atoms with van der Waals surface area (Å²) in [6, 6.07) is 10.4. The first kappa shape index (κ1) is 22.5. The summed E-state index contributed by atoms with van der Waals surface area (Å²) >= 11 is 0. The van der Waals surface area contributed by atoms with Crippen LogP contribution in [0.3, 0.4) is 0 Å². The summed E-state index contributed by atoms with van der Waals surface area (Å²) in [7, 11) is 4.56. The van der Waals surface area contributed by atoms with E-state index in [9.17, 15) is 9.59 Å². The molecular weight excluding hydrogens is 398 g/mol. The Morgan fingerprint density at radius 3 is 2.32 bits per heavy atom. The number of benzene rings is 2. The van der Waals surface area contributed by atoms with E-state index >= 15 is 0 Å². The van der Waals surface area contributed by atoms with Gasteiger partial charge in [0.2, 0.25) is 5.91 Å². The molecule has 1 atom stereocenters. The lowest BCUT2D eigenvalue weighted by atomic mass is 9.91. The number of rotatable bonds is 8. The fourth-order valence-electron chi connectivity index (χ4n) is 3.84. The molecule has 0 aromatic heterocycles. The average molecular weight is 427 g/mol. The van der Waals surface area contributed by atoms with E-state index in [2.05, 4.69) is 0 Å². The van der Waals surface area contributed by atoms with Crippen LogP contribution in [0.2, 0.25) is 0 Å². The highest BCUT2D eigenvalue weighted by atomic mass is 16.5. The van der Waals surface area contributed by atoms with Crippen LogP contribution in [0.4, 0.5) is 0 Å². The predicted octanol–water partition coefficient (Wildman–Crippen LogP) is 3.80. The summed E-state index contributed by atoms with van der Waals surface area (Å²) in [6.45, 7) is 2.91. The van der Waals surface area contributed by atoms with Crippen molar-refractivity contribution in [3.05, 3.63) is 53.1 Å². The first-order chi connectivity index (χ1) is 15.0.